The Labute approximate surface area is 332 Å². The number of ether oxygens (including phenoxy) is 4. The molecule has 0 unspecified atom stereocenters. The average molecular weight is 764 g/mol. The Kier molecular flexibility index (Phi) is 36.4. The van der Waals surface area contributed by atoms with Gasteiger partial charge < -0.3 is 28.4 Å². The summed E-state index contributed by atoms with van der Waals surface area (Å²) in [4.78, 5) is 31.4. The van der Waals surface area contributed by atoms with Crippen LogP contribution < -0.4 is 0 Å². The van der Waals surface area contributed by atoms with E-state index in [1.807, 2.05) is 19.3 Å². The molecular weight excluding hydrogens is 679 g/mol. The van der Waals surface area contributed by atoms with E-state index in [1.54, 1.807) is 0 Å². The third kappa shape index (κ3) is 33.4. The average Bonchev–Trinajstić information content (AvgIpc) is 3.59. The highest BCUT2D eigenvalue weighted by Crippen LogP contribution is 2.13. The first kappa shape index (κ1) is 50.0. The molecule has 0 amide bonds. The van der Waals surface area contributed by atoms with E-state index in [2.05, 4.69) is 28.3 Å². The molecular formula is C45H85N3O6. The van der Waals surface area contributed by atoms with Crippen LogP contribution in [0.15, 0.2) is 12.4 Å². The van der Waals surface area contributed by atoms with Gasteiger partial charge in [-0.1, -0.05) is 155 Å². The molecule has 9 nitrogen and oxygen atoms in total. The van der Waals surface area contributed by atoms with Crippen molar-refractivity contribution >= 4 is 11.9 Å². The molecule has 1 rings (SSSR count). The van der Waals surface area contributed by atoms with Gasteiger partial charge in [0.05, 0.1) is 26.1 Å². The summed E-state index contributed by atoms with van der Waals surface area (Å²) < 4.78 is 24.4. The van der Waals surface area contributed by atoms with Crippen molar-refractivity contribution in [3.63, 3.8) is 0 Å². The van der Waals surface area contributed by atoms with E-state index in [4.69, 9.17) is 18.9 Å². The van der Waals surface area contributed by atoms with E-state index in [-0.39, 0.29) is 38.0 Å². The molecule has 0 spiro atoms. The minimum absolute atomic E-state index is 0.229. The van der Waals surface area contributed by atoms with Crippen LogP contribution in [-0.4, -0.2) is 85.7 Å². The lowest BCUT2D eigenvalue weighted by atomic mass is 10.1. The molecule has 0 saturated carbocycles. The van der Waals surface area contributed by atoms with Gasteiger partial charge in [0, 0.05) is 45.2 Å². The molecule has 0 fully saturated rings. The van der Waals surface area contributed by atoms with Crippen LogP contribution in [0.4, 0.5) is 0 Å². The fourth-order valence-electron chi connectivity index (χ4n) is 6.81. The summed E-state index contributed by atoms with van der Waals surface area (Å²) >= 11 is 0. The Bertz CT molecular complexity index is 906. The van der Waals surface area contributed by atoms with Crippen molar-refractivity contribution in [1.82, 2.24) is 14.5 Å². The predicted molar refractivity (Wildman–Crippen MR) is 223 cm³/mol. The molecule has 0 saturated heterocycles. The standard InChI is InChI=1S/C45H85N3O6/c1-4-6-8-10-12-14-16-18-20-22-24-26-37-51-39-41-53-44(49)29-34-47(32-28-33-48-36-31-46-43(48)3)35-30-45(50)54-42-40-52-38-27-25-23-21-19-17-15-13-11-9-7-5-2/h31,36H,4-30,32-35,37-42H2,1-3H3. The number of aromatic nitrogens is 2. The number of nitrogens with zero attached hydrogens (tertiary/aromatic N) is 3. The number of carbonyl (C=O) groups excluding carboxylic acids is 2. The molecule has 1 heterocycles. The summed E-state index contributed by atoms with van der Waals surface area (Å²) in [7, 11) is 0. The van der Waals surface area contributed by atoms with Crippen molar-refractivity contribution in [2.45, 2.75) is 201 Å². The summed E-state index contributed by atoms with van der Waals surface area (Å²) in [6.45, 7) is 12.1. The van der Waals surface area contributed by atoms with Gasteiger partial charge in [0.2, 0.25) is 0 Å². The lowest BCUT2D eigenvalue weighted by Gasteiger charge is -2.22. The molecule has 0 N–H and O–H groups in total. The topological polar surface area (TPSA) is 92.1 Å². The number of hydrogen-bond donors (Lipinski definition) is 0. The number of carbonyl (C=O) groups is 2. The zero-order valence-electron chi connectivity index (χ0n) is 35.6. The molecule has 54 heavy (non-hydrogen) atoms. The highest BCUT2D eigenvalue weighted by atomic mass is 16.6. The first-order chi connectivity index (χ1) is 26.6. The van der Waals surface area contributed by atoms with Crippen LogP contribution >= 0.6 is 0 Å². The van der Waals surface area contributed by atoms with Crippen LogP contribution in [0.25, 0.3) is 0 Å². The number of imidazole rings is 1. The van der Waals surface area contributed by atoms with Crippen LogP contribution in [-0.2, 0) is 35.1 Å². The Hall–Kier alpha value is -1.97. The van der Waals surface area contributed by atoms with Crippen molar-refractivity contribution in [3.8, 4) is 0 Å². The van der Waals surface area contributed by atoms with E-state index >= 15 is 0 Å². The smallest absolute Gasteiger partial charge is 0.307 e. The largest absolute Gasteiger partial charge is 0.463 e. The Morgan fingerprint density at radius 1 is 0.519 bits per heavy atom. The lowest BCUT2D eigenvalue weighted by molar-refractivity contribution is -0.145. The molecule has 0 aliphatic heterocycles. The van der Waals surface area contributed by atoms with Crippen molar-refractivity contribution < 1.29 is 28.5 Å². The predicted octanol–water partition coefficient (Wildman–Crippen LogP) is 11.2. The van der Waals surface area contributed by atoms with Crippen LogP contribution in [0.5, 0.6) is 0 Å². The van der Waals surface area contributed by atoms with Gasteiger partial charge >= 0.3 is 11.9 Å². The molecule has 0 aliphatic carbocycles. The maximum Gasteiger partial charge on any atom is 0.307 e. The van der Waals surface area contributed by atoms with E-state index < -0.39 is 0 Å². The minimum Gasteiger partial charge on any atom is -0.463 e. The van der Waals surface area contributed by atoms with Gasteiger partial charge in [-0.3, -0.25) is 9.59 Å². The maximum atomic E-state index is 12.5. The van der Waals surface area contributed by atoms with Crippen LogP contribution in [0.1, 0.15) is 193 Å². The Balaban J connectivity index is 2.10. The fraction of sp³-hybridized carbons (Fsp3) is 0.889. The number of hydrogen-bond acceptors (Lipinski definition) is 8. The molecule has 316 valence electrons. The Morgan fingerprint density at radius 3 is 1.28 bits per heavy atom. The second kappa shape index (κ2) is 39.3. The summed E-state index contributed by atoms with van der Waals surface area (Å²) in [6, 6.07) is 0. The molecule has 0 aliphatic rings. The SMILES string of the molecule is CCCCCCCCCCCCCCOCCOC(=O)CCN(CCCn1ccnc1C)CCC(=O)OCCOCCCCCCCCCCCCCC. The van der Waals surface area contributed by atoms with Gasteiger partial charge in [-0.05, 0) is 32.7 Å². The fourth-order valence-corrected chi connectivity index (χ4v) is 6.81. The summed E-state index contributed by atoms with van der Waals surface area (Å²) in [5.41, 5.74) is 0. The summed E-state index contributed by atoms with van der Waals surface area (Å²) in [5.74, 6) is 0.523. The quantitative estimate of drug-likeness (QED) is 0.0480. The van der Waals surface area contributed by atoms with Gasteiger partial charge in [-0.15, -0.1) is 0 Å². The van der Waals surface area contributed by atoms with Crippen molar-refractivity contribution in [3.05, 3.63) is 18.2 Å². The first-order valence-electron chi connectivity index (χ1n) is 22.7. The molecule has 0 atom stereocenters. The molecule has 0 aromatic carbocycles. The van der Waals surface area contributed by atoms with Crippen LogP contribution in [0.2, 0.25) is 0 Å². The monoisotopic (exact) mass is 764 g/mol. The van der Waals surface area contributed by atoms with Crippen LogP contribution in [0.3, 0.4) is 0 Å². The van der Waals surface area contributed by atoms with Crippen molar-refractivity contribution in [1.29, 1.82) is 0 Å². The zero-order chi connectivity index (χ0) is 39.0. The first-order valence-corrected chi connectivity index (χ1v) is 22.7. The number of esters is 2. The van der Waals surface area contributed by atoms with E-state index in [0.717, 1.165) is 51.4 Å². The maximum absolute atomic E-state index is 12.5. The van der Waals surface area contributed by atoms with Gasteiger partial charge in [-0.2, -0.15) is 0 Å². The molecule has 0 radical (unpaired) electrons. The van der Waals surface area contributed by atoms with Crippen molar-refractivity contribution in [2.24, 2.45) is 0 Å². The summed E-state index contributed by atoms with van der Waals surface area (Å²) in [5, 5.41) is 0. The van der Waals surface area contributed by atoms with Gasteiger partial charge in [0.1, 0.15) is 19.0 Å². The third-order valence-electron chi connectivity index (χ3n) is 10.3. The second-order valence-corrected chi connectivity index (χ2v) is 15.3. The normalized spacial score (nSPS) is 11.5. The zero-order valence-corrected chi connectivity index (χ0v) is 35.6. The molecule has 9 heteroatoms. The summed E-state index contributed by atoms with van der Waals surface area (Å²) in [6.07, 6.45) is 37.0. The lowest BCUT2D eigenvalue weighted by Crippen LogP contribution is -2.31. The number of unbranched alkanes of at least 4 members (excludes halogenated alkanes) is 22. The second-order valence-electron chi connectivity index (χ2n) is 15.3. The molecule has 1 aromatic rings. The number of aryl methyl sites for hydroxylation is 2. The van der Waals surface area contributed by atoms with Crippen LogP contribution in [0, 0.1) is 6.92 Å². The highest BCUT2D eigenvalue weighted by molar-refractivity contribution is 5.70. The van der Waals surface area contributed by atoms with Gasteiger partial charge in [-0.25, -0.2) is 4.98 Å². The molecule has 0 bridgehead atoms. The van der Waals surface area contributed by atoms with Crippen molar-refractivity contribution in [2.75, 3.05) is 59.3 Å². The van der Waals surface area contributed by atoms with E-state index in [9.17, 15) is 9.59 Å². The number of rotatable bonds is 42. The minimum atomic E-state index is -0.229. The highest BCUT2D eigenvalue weighted by Gasteiger charge is 2.13. The third-order valence-corrected chi connectivity index (χ3v) is 10.3. The van der Waals surface area contributed by atoms with E-state index in [0.29, 0.717) is 26.3 Å². The Morgan fingerprint density at radius 2 is 0.907 bits per heavy atom. The van der Waals surface area contributed by atoms with E-state index in [1.165, 1.54) is 141 Å². The van der Waals surface area contributed by atoms with Gasteiger partial charge in [0.15, 0.2) is 0 Å². The van der Waals surface area contributed by atoms with Gasteiger partial charge in [0.25, 0.3) is 0 Å². The molecule has 1 aromatic heterocycles.